The number of hydrogen-bond donors (Lipinski definition) is 2. The first-order chi connectivity index (χ1) is 10.8. The minimum absolute atomic E-state index is 0.137. The molecule has 1 aromatic carbocycles. The third kappa shape index (κ3) is 7.28. The van der Waals surface area contributed by atoms with Crippen molar-refractivity contribution in [1.29, 1.82) is 0 Å². The van der Waals surface area contributed by atoms with Crippen LogP contribution in [0.25, 0.3) is 0 Å². The van der Waals surface area contributed by atoms with Gasteiger partial charge in [0.2, 0.25) is 5.91 Å². The van der Waals surface area contributed by atoms with Gasteiger partial charge in [-0.1, -0.05) is 26.0 Å². The van der Waals surface area contributed by atoms with Crippen molar-refractivity contribution in [3.63, 3.8) is 0 Å². The van der Waals surface area contributed by atoms with Gasteiger partial charge in [-0.2, -0.15) is 0 Å². The maximum Gasteiger partial charge on any atom is 0.310 e. The van der Waals surface area contributed by atoms with Gasteiger partial charge in [-0.05, 0) is 43.9 Å². The van der Waals surface area contributed by atoms with E-state index in [-0.39, 0.29) is 18.4 Å². The number of aliphatic carboxylic acids is 1. The molecule has 0 radical (unpaired) electrons. The molecule has 0 bridgehead atoms. The second-order valence-corrected chi connectivity index (χ2v) is 6.29. The summed E-state index contributed by atoms with van der Waals surface area (Å²) in [5.41, 5.74) is 1.27. The van der Waals surface area contributed by atoms with Gasteiger partial charge in [-0.25, -0.2) is 0 Å². The summed E-state index contributed by atoms with van der Waals surface area (Å²) in [6.07, 6.45) is 1.39. The monoisotopic (exact) mass is 321 g/mol. The number of benzene rings is 1. The molecule has 0 heterocycles. The highest BCUT2D eigenvalue weighted by molar-refractivity contribution is 5.91. The number of carbonyl (C=O) groups is 2. The van der Waals surface area contributed by atoms with Gasteiger partial charge in [0.05, 0.1) is 25.0 Å². The second-order valence-electron chi connectivity index (χ2n) is 6.29. The van der Waals surface area contributed by atoms with Crippen molar-refractivity contribution in [1.82, 2.24) is 0 Å². The van der Waals surface area contributed by atoms with Crippen LogP contribution < -0.4 is 5.32 Å². The Bertz CT molecular complexity index is 528. The van der Waals surface area contributed by atoms with Crippen LogP contribution in [-0.4, -0.2) is 29.7 Å². The summed E-state index contributed by atoms with van der Waals surface area (Å²) in [6.45, 7) is 8.28. The molecule has 1 rings (SSSR count). The summed E-state index contributed by atoms with van der Waals surface area (Å²) in [5.74, 6) is -1.06. The highest BCUT2D eigenvalue weighted by Gasteiger charge is 2.14. The maximum atomic E-state index is 11.9. The Morgan fingerprint density at radius 2 is 1.91 bits per heavy atom. The molecule has 2 unspecified atom stereocenters. The number of amides is 1. The Morgan fingerprint density at radius 1 is 1.22 bits per heavy atom. The van der Waals surface area contributed by atoms with E-state index in [2.05, 4.69) is 19.2 Å². The molecular formula is C18H27NO4. The van der Waals surface area contributed by atoms with E-state index in [0.717, 1.165) is 6.42 Å². The molecule has 0 aliphatic rings. The van der Waals surface area contributed by atoms with Crippen LogP contribution in [0.4, 0.5) is 5.69 Å². The Hall–Kier alpha value is -1.88. The maximum absolute atomic E-state index is 11.9. The number of carboxylic acid groups (broad SMARTS) is 1. The summed E-state index contributed by atoms with van der Waals surface area (Å²) < 4.78 is 5.62. The number of carbonyl (C=O) groups excluding carboxylic acids is 1. The normalized spacial score (nSPS) is 13.6. The van der Waals surface area contributed by atoms with E-state index < -0.39 is 11.9 Å². The lowest BCUT2D eigenvalue weighted by Crippen LogP contribution is -2.18. The number of carboxylic acids is 1. The minimum Gasteiger partial charge on any atom is -0.481 e. The van der Waals surface area contributed by atoms with Crippen LogP contribution in [0.15, 0.2) is 24.3 Å². The van der Waals surface area contributed by atoms with Gasteiger partial charge in [-0.3, -0.25) is 9.59 Å². The lowest BCUT2D eigenvalue weighted by molar-refractivity contribution is -0.138. The van der Waals surface area contributed by atoms with Crippen molar-refractivity contribution in [2.24, 2.45) is 5.92 Å². The van der Waals surface area contributed by atoms with Crippen molar-refractivity contribution in [3.05, 3.63) is 29.8 Å². The molecule has 0 saturated carbocycles. The molecule has 128 valence electrons. The quantitative estimate of drug-likeness (QED) is 0.728. The van der Waals surface area contributed by atoms with Gasteiger partial charge in [0.25, 0.3) is 0 Å². The number of anilines is 1. The topological polar surface area (TPSA) is 75.6 Å². The van der Waals surface area contributed by atoms with Gasteiger partial charge in [0.15, 0.2) is 0 Å². The number of ether oxygens (including phenoxy) is 1. The van der Waals surface area contributed by atoms with Gasteiger partial charge in [0.1, 0.15) is 0 Å². The lowest BCUT2D eigenvalue weighted by Gasteiger charge is -2.15. The van der Waals surface area contributed by atoms with Crippen LogP contribution in [0.3, 0.4) is 0 Å². The first-order valence-corrected chi connectivity index (χ1v) is 8.03. The molecule has 23 heavy (non-hydrogen) atoms. The molecule has 0 spiro atoms. The average Bonchev–Trinajstić information content (AvgIpc) is 2.45. The van der Waals surface area contributed by atoms with E-state index in [1.165, 1.54) is 0 Å². The van der Waals surface area contributed by atoms with Crippen LogP contribution in [0.5, 0.6) is 0 Å². The van der Waals surface area contributed by atoms with Crippen LogP contribution in [-0.2, 0) is 14.3 Å². The molecule has 1 aromatic rings. The van der Waals surface area contributed by atoms with E-state index in [0.29, 0.717) is 23.8 Å². The molecule has 1 amide bonds. The number of nitrogens with one attached hydrogen (secondary N) is 1. The summed E-state index contributed by atoms with van der Waals surface area (Å²) in [6, 6.07) is 6.92. The minimum atomic E-state index is -0.888. The SMILES string of the molecule is CC(C)CC(C)OCCC(=O)Nc1cccc(C(C)C(=O)O)c1. The molecule has 5 nitrogen and oxygen atoms in total. The highest BCUT2D eigenvalue weighted by atomic mass is 16.5. The van der Waals surface area contributed by atoms with Crippen LogP contribution in [0.1, 0.15) is 52.0 Å². The van der Waals surface area contributed by atoms with E-state index in [9.17, 15) is 9.59 Å². The van der Waals surface area contributed by atoms with E-state index >= 15 is 0 Å². The van der Waals surface area contributed by atoms with E-state index in [1.807, 2.05) is 6.92 Å². The molecule has 0 aliphatic heterocycles. The first-order valence-electron chi connectivity index (χ1n) is 8.03. The summed E-state index contributed by atoms with van der Waals surface area (Å²) >= 11 is 0. The third-order valence-corrected chi connectivity index (χ3v) is 3.58. The predicted octanol–water partition coefficient (Wildman–Crippen LogP) is 3.65. The highest BCUT2D eigenvalue weighted by Crippen LogP contribution is 2.19. The zero-order valence-corrected chi connectivity index (χ0v) is 14.3. The number of hydrogen-bond acceptors (Lipinski definition) is 3. The van der Waals surface area contributed by atoms with Gasteiger partial charge in [0, 0.05) is 5.69 Å². The second kappa shape index (κ2) is 9.30. The van der Waals surface area contributed by atoms with Crippen molar-refractivity contribution in [2.45, 2.75) is 52.6 Å². The fourth-order valence-corrected chi connectivity index (χ4v) is 2.34. The van der Waals surface area contributed by atoms with Gasteiger partial charge in [-0.15, -0.1) is 0 Å². The average molecular weight is 321 g/mol. The van der Waals surface area contributed by atoms with E-state index in [1.54, 1.807) is 31.2 Å². The van der Waals surface area contributed by atoms with Gasteiger partial charge < -0.3 is 15.2 Å². The third-order valence-electron chi connectivity index (χ3n) is 3.58. The van der Waals surface area contributed by atoms with Gasteiger partial charge >= 0.3 is 5.97 Å². The van der Waals surface area contributed by atoms with Crippen LogP contribution in [0.2, 0.25) is 0 Å². The Morgan fingerprint density at radius 3 is 2.52 bits per heavy atom. The van der Waals surface area contributed by atoms with Crippen molar-refractivity contribution >= 4 is 17.6 Å². The van der Waals surface area contributed by atoms with Crippen molar-refractivity contribution in [2.75, 3.05) is 11.9 Å². The van der Waals surface area contributed by atoms with Crippen molar-refractivity contribution < 1.29 is 19.4 Å². The van der Waals surface area contributed by atoms with E-state index in [4.69, 9.17) is 9.84 Å². The fourth-order valence-electron chi connectivity index (χ4n) is 2.34. The van der Waals surface area contributed by atoms with Crippen LogP contribution >= 0.6 is 0 Å². The summed E-state index contributed by atoms with van der Waals surface area (Å²) in [7, 11) is 0. The number of rotatable bonds is 9. The first kappa shape index (κ1) is 19.2. The molecule has 0 fully saturated rings. The molecule has 2 atom stereocenters. The summed E-state index contributed by atoms with van der Waals surface area (Å²) in [5, 5.41) is 11.8. The Balaban J connectivity index is 2.45. The largest absolute Gasteiger partial charge is 0.481 e. The Labute approximate surface area is 138 Å². The lowest BCUT2D eigenvalue weighted by atomic mass is 10.0. The molecule has 0 aromatic heterocycles. The molecule has 0 aliphatic carbocycles. The van der Waals surface area contributed by atoms with Crippen LogP contribution in [0, 0.1) is 5.92 Å². The zero-order valence-electron chi connectivity index (χ0n) is 14.3. The molecule has 5 heteroatoms. The molecular weight excluding hydrogens is 294 g/mol. The standard InChI is InChI=1S/C18H27NO4/c1-12(2)10-13(3)23-9-8-17(20)19-16-7-5-6-15(11-16)14(4)18(21)22/h5-7,11-14H,8-10H2,1-4H3,(H,19,20)(H,21,22). The zero-order chi connectivity index (χ0) is 17.4. The molecule has 0 saturated heterocycles. The summed E-state index contributed by atoms with van der Waals surface area (Å²) in [4.78, 5) is 22.9. The smallest absolute Gasteiger partial charge is 0.310 e. The van der Waals surface area contributed by atoms with Crippen molar-refractivity contribution in [3.8, 4) is 0 Å². The predicted molar refractivity (Wildman–Crippen MR) is 90.6 cm³/mol. The Kier molecular flexibility index (Phi) is 7.75. The fraction of sp³-hybridized carbons (Fsp3) is 0.556. The molecule has 2 N–H and O–H groups in total.